The Morgan fingerprint density at radius 1 is 0.838 bits per heavy atom. The smallest absolute Gasteiger partial charge is 0.115 e. The summed E-state index contributed by atoms with van der Waals surface area (Å²) in [6.07, 6.45) is 3.69. The van der Waals surface area contributed by atoms with Gasteiger partial charge >= 0.3 is 0 Å². The fourth-order valence-electron chi connectivity index (χ4n) is 6.79. The lowest BCUT2D eigenvalue weighted by Gasteiger charge is -2.42. The van der Waals surface area contributed by atoms with Gasteiger partial charge in [-0.1, -0.05) is 48.5 Å². The number of hydrogen-bond acceptors (Lipinski definition) is 5. The van der Waals surface area contributed by atoms with Crippen molar-refractivity contribution in [3.05, 3.63) is 95.1 Å². The summed E-state index contributed by atoms with van der Waals surface area (Å²) in [6, 6.07) is 25.9. The minimum atomic E-state index is -0.575. The molecule has 2 atom stereocenters. The number of nitrogens with one attached hydrogen (secondary N) is 1. The van der Waals surface area contributed by atoms with Crippen LogP contribution in [0.2, 0.25) is 0 Å². The number of piperazine rings is 1. The zero-order chi connectivity index (χ0) is 25.2. The fraction of sp³-hybridized carbons (Fsp3) is 0.438. The number of benzene rings is 3. The molecular formula is C32H39N3O2. The van der Waals surface area contributed by atoms with Crippen molar-refractivity contribution in [1.82, 2.24) is 10.2 Å². The first-order valence-corrected chi connectivity index (χ1v) is 14.0. The molecular weight excluding hydrogens is 458 g/mol. The maximum Gasteiger partial charge on any atom is 0.115 e. The highest BCUT2D eigenvalue weighted by molar-refractivity contribution is 5.52. The monoisotopic (exact) mass is 497 g/mol. The van der Waals surface area contributed by atoms with Gasteiger partial charge in [0.25, 0.3) is 0 Å². The molecule has 3 N–H and O–H groups in total. The van der Waals surface area contributed by atoms with E-state index in [9.17, 15) is 10.2 Å². The second-order valence-electron chi connectivity index (χ2n) is 11.2. The minimum absolute atomic E-state index is 0.270. The molecule has 2 saturated heterocycles. The number of aliphatic hydroxyl groups is 1. The number of aromatic hydroxyl groups is 1. The quantitative estimate of drug-likeness (QED) is 0.485. The van der Waals surface area contributed by atoms with Gasteiger partial charge in [-0.2, -0.15) is 0 Å². The first kappa shape index (κ1) is 24.5. The van der Waals surface area contributed by atoms with Crippen LogP contribution >= 0.6 is 0 Å². The summed E-state index contributed by atoms with van der Waals surface area (Å²) in [5, 5.41) is 24.8. The van der Waals surface area contributed by atoms with Crippen molar-refractivity contribution < 1.29 is 10.2 Å². The molecule has 37 heavy (non-hydrogen) atoms. The normalized spacial score (nSPS) is 24.0. The van der Waals surface area contributed by atoms with E-state index < -0.39 is 5.60 Å². The molecule has 0 radical (unpaired) electrons. The molecule has 1 unspecified atom stereocenters. The third-order valence-corrected chi connectivity index (χ3v) is 8.86. The van der Waals surface area contributed by atoms with Crippen molar-refractivity contribution in [3.8, 4) is 5.75 Å². The fourth-order valence-corrected chi connectivity index (χ4v) is 6.79. The zero-order valence-electron chi connectivity index (χ0n) is 21.6. The van der Waals surface area contributed by atoms with E-state index in [1.807, 2.05) is 12.1 Å². The van der Waals surface area contributed by atoms with Crippen molar-refractivity contribution in [2.45, 2.75) is 43.1 Å². The Balaban J connectivity index is 1.20. The van der Waals surface area contributed by atoms with Crippen molar-refractivity contribution in [1.29, 1.82) is 0 Å². The SMILES string of the molecule is Oc1ccc2c(c1)CC[C@H](c1ccccc1)C2c1ccc(N2CCC(O)(CN3CCNCC3)CC2)cc1. The molecule has 2 heterocycles. The number of nitrogens with zero attached hydrogens (tertiary/aromatic N) is 2. The molecule has 0 bridgehead atoms. The lowest BCUT2D eigenvalue weighted by molar-refractivity contribution is -0.0186. The van der Waals surface area contributed by atoms with Crippen LogP contribution in [0.4, 0.5) is 5.69 Å². The molecule has 3 aromatic rings. The molecule has 5 nitrogen and oxygen atoms in total. The number of phenolic OH excluding ortho intramolecular Hbond substituents is 1. The molecule has 1 aliphatic carbocycles. The average Bonchev–Trinajstić information content (AvgIpc) is 2.94. The van der Waals surface area contributed by atoms with Gasteiger partial charge < -0.3 is 20.4 Å². The van der Waals surface area contributed by atoms with Crippen molar-refractivity contribution in [2.24, 2.45) is 0 Å². The van der Waals surface area contributed by atoms with Gasteiger partial charge in [-0.05, 0) is 78.1 Å². The molecule has 0 saturated carbocycles. The summed E-state index contributed by atoms with van der Waals surface area (Å²) in [6.45, 7) is 6.67. The van der Waals surface area contributed by atoms with Gasteiger partial charge in [0.15, 0.2) is 0 Å². The molecule has 2 aliphatic heterocycles. The summed E-state index contributed by atoms with van der Waals surface area (Å²) in [5.41, 5.74) is 5.98. The van der Waals surface area contributed by atoms with Crippen LogP contribution in [-0.4, -0.2) is 66.5 Å². The summed E-state index contributed by atoms with van der Waals surface area (Å²) >= 11 is 0. The third-order valence-electron chi connectivity index (χ3n) is 8.86. The van der Waals surface area contributed by atoms with Gasteiger partial charge in [0.2, 0.25) is 0 Å². The van der Waals surface area contributed by atoms with E-state index in [-0.39, 0.29) is 5.92 Å². The summed E-state index contributed by atoms with van der Waals surface area (Å²) in [7, 11) is 0. The van der Waals surface area contributed by atoms with Gasteiger partial charge in [0.1, 0.15) is 5.75 Å². The molecule has 3 aromatic carbocycles. The average molecular weight is 498 g/mol. The number of phenols is 1. The van der Waals surface area contributed by atoms with E-state index in [1.54, 1.807) is 0 Å². The lowest BCUT2D eigenvalue weighted by atomic mass is 9.69. The Labute approximate surface area is 220 Å². The van der Waals surface area contributed by atoms with Crippen molar-refractivity contribution in [3.63, 3.8) is 0 Å². The van der Waals surface area contributed by atoms with Gasteiger partial charge in [0.05, 0.1) is 5.60 Å². The first-order valence-electron chi connectivity index (χ1n) is 14.0. The van der Waals surface area contributed by atoms with E-state index in [0.29, 0.717) is 11.7 Å². The topological polar surface area (TPSA) is 59.0 Å². The highest BCUT2D eigenvalue weighted by Gasteiger charge is 2.35. The maximum absolute atomic E-state index is 11.2. The predicted molar refractivity (Wildman–Crippen MR) is 150 cm³/mol. The molecule has 6 rings (SSSR count). The van der Waals surface area contributed by atoms with Crippen LogP contribution in [0.15, 0.2) is 72.8 Å². The predicted octanol–water partition coefficient (Wildman–Crippen LogP) is 4.49. The maximum atomic E-state index is 11.2. The Bertz CT molecular complexity index is 1180. The number of fused-ring (bicyclic) bond motifs is 1. The standard InChI is InChI=1S/C32H39N3O2/c36-28-11-13-30-26(22-28)8-12-29(24-4-2-1-3-5-24)31(30)25-6-9-27(10-7-25)35-18-14-32(37,15-19-35)23-34-20-16-33-17-21-34/h1-7,9-11,13,22,29,31,33,36-37H,8,12,14-21,23H2/t29-,31?/m1/s1. The lowest BCUT2D eigenvalue weighted by Crippen LogP contribution is -2.54. The Morgan fingerprint density at radius 3 is 2.30 bits per heavy atom. The molecule has 3 aliphatic rings. The number of aryl methyl sites for hydroxylation is 1. The van der Waals surface area contributed by atoms with Crippen LogP contribution in [0.1, 0.15) is 53.4 Å². The van der Waals surface area contributed by atoms with Gasteiger partial charge in [-0.3, -0.25) is 4.90 Å². The third kappa shape index (κ3) is 5.26. The number of piperidine rings is 1. The van der Waals surface area contributed by atoms with E-state index in [2.05, 4.69) is 75.8 Å². The van der Waals surface area contributed by atoms with Crippen molar-refractivity contribution >= 4 is 5.69 Å². The van der Waals surface area contributed by atoms with E-state index in [1.165, 1.54) is 27.9 Å². The van der Waals surface area contributed by atoms with Crippen LogP contribution in [0.3, 0.4) is 0 Å². The number of anilines is 1. The van der Waals surface area contributed by atoms with Crippen LogP contribution in [0.25, 0.3) is 0 Å². The Kier molecular flexibility index (Phi) is 6.94. The highest BCUT2D eigenvalue weighted by Crippen LogP contribution is 2.47. The molecule has 0 aromatic heterocycles. The second-order valence-corrected chi connectivity index (χ2v) is 11.2. The summed E-state index contributed by atoms with van der Waals surface area (Å²) in [5.74, 6) is 1.04. The van der Waals surface area contributed by atoms with Gasteiger partial charge in [0, 0.05) is 57.4 Å². The molecule has 194 valence electrons. The van der Waals surface area contributed by atoms with Crippen LogP contribution in [0, 0.1) is 0 Å². The number of β-amino-alcohol motifs (C(OH)–C–C–N with tert-alkyl or cyclic N) is 1. The largest absolute Gasteiger partial charge is 0.508 e. The summed E-state index contributed by atoms with van der Waals surface area (Å²) < 4.78 is 0. The number of hydrogen-bond donors (Lipinski definition) is 3. The Hall–Kier alpha value is -2.86. The van der Waals surface area contributed by atoms with E-state index in [0.717, 1.165) is 71.5 Å². The zero-order valence-corrected chi connectivity index (χ0v) is 21.6. The Morgan fingerprint density at radius 2 is 1.57 bits per heavy atom. The van der Waals surface area contributed by atoms with Crippen LogP contribution in [-0.2, 0) is 6.42 Å². The minimum Gasteiger partial charge on any atom is -0.508 e. The molecule has 2 fully saturated rings. The van der Waals surface area contributed by atoms with Gasteiger partial charge in [-0.25, -0.2) is 0 Å². The molecule has 0 amide bonds. The van der Waals surface area contributed by atoms with E-state index in [4.69, 9.17) is 0 Å². The van der Waals surface area contributed by atoms with Crippen molar-refractivity contribution in [2.75, 3.05) is 50.7 Å². The van der Waals surface area contributed by atoms with Crippen LogP contribution < -0.4 is 10.2 Å². The second kappa shape index (κ2) is 10.5. The first-order chi connectivity index (χ1) is 18.1. The molecule has 5 heteroatoms. The van der Waals surface area contributed by atoms with Gasteiger partial charge in [-0.15, -0.1) is 0 Å². The number of rotatable bonds is 5. The summed E-state index contributed by atoms with van der Waals surface area (Å²) in [4.78, 5) is 4.84. The van der Waals surface area contributed by atoms with E-state index >= 15 is 0 Å². The highest BCUT2D eigenvalue weighted by atomic mass is 16.3. The van der Waals surface area contributed by atoms with Crippen LogP contribution in [0.5, 0.6) is 5.75 Å². The molecule has 0 spiro atoms.